The number of anilines is 3. The summed E-state index contributed by atoms with van der Waals surface area (Å²) >= 11 is 0. The van der Waals surface area contributed by atoms with E-state index in [2.05, 4.69) is 16.0 Å². The molecule has 0 aliphatic rings. The van der Waals surface area contributed by atoms with Crippen molar-refractivity contribution in [1.82, 2.24) is 9.88 Å². The maximum absolute atomic E-state index is 13.0. The Bertz CT molecular complexity index is 1570. The Morgan fingerprint density at radius 2 is 1.52 bits per heavy atom. The van der Waals surface area contributed by atoms with Crippen LogP contribution in [0, 0.1) is 0 Å². The molecule has 1 atom stereocenters. The SMILES string of the molecule is COC(=O)C(Cc1ccccc1)NC(=O)Cc1cccc(NC(=O)c2cc(NC(=O)c3cccc(N)c3)cn2C)c1.Cl. The molecule has 4 rings (SSSR count). The number of hydrogen-bond acceptors (Lipinski definition) is 6. The van der Waals surface area contributed by atoms with Gasteiger partial charge in [0.15, 0.2) is 0 Å². The van der Waals surface area contributed by atoms with E-state index in [-0.39, 0.29) is 30.6 Å². The van der Waals surface area contributed by atoms with Crippen LogP contribution >= 0.6 is 12.4 Å². The number of rotatable bonds is 10. The van der Waals surface area contributed by atoms with Gasteiger partial charge in [-0.15, -0.1) is 12.4 Å². The number of nitrogens with two attached hydrogens (primary N) is 1. The molecule has 0 spiro atoms. The number of carbonyl (C=O) groups is 4. The van der Waals surface area contributed by atoms with Crippen molar-refractivity contribution >= 4 is 53.2 Å². The van der Waals surface area contributed by atoms with Crippen molar-refractivity contribution in [3.8, 4) is 0 Å². The Morgan fingerprint density at radius 3 is 2.24 bits per heavy atom. The van der Waals surface area contributed by atoms with E-state index in [0.29, 0.717) is 40.3 Å². The fourth-order valence-corrected chi connectivity index (χ4v) is 4.31. The first kappa shape index (κ1) is 31.4. The average Bonchev–Trinajstić information content (AvgIpc) is 3.32. The minimum Gasteiger partial charge on any atom is -0.467 e. The molecular weight excluding hydrogens is 558 g/mol. The second-order valence-electron chi connectivity index (χ2n) is 9.47. The standard InChI is InChI=1S/C31H31N5O5.ClH/c1-36-19-25(34-29(38)22-11-7-12-23(32)17-22)18-27(36)30(39)33-24-13-6-10-21(14-24)16-28(37)35-26(31(40)41-2)15-20-8-4-3-5-9-20;/h3-14,17-19,26H,15-16,32H2,1-2H3,(H,33,39)(H,34,38)(H,35,37);1H. The molecule has 0 aliphatic heterocycles. The minimum atomic E-state index is -0.830. The number of carbonyl (C=O) groups excluding carboxylic acids is 4. The molecule has 0 saturated carbocycles. The lowest BCUT2D eigenvalue weighted by Crippen LogP contribution is -2.43. The lowest BCUT2D eigenvalue weighted by molar-refractivity contribution is -0.145. The van der Waals surface area contributed by atoms with Crippen LogP contribution < -0.4 is 21.7 Å². The van der Waals surface area contributed by atoms with Gasteiger partial charge >= 0.3 is 5.97 Å². The van der Waals surface area contributed by atoms with E-state index >= 15 is 0 Å². The number of amides is 3. The number of methoxy groups -OCH3 is 1. The molecule has 3 aromatic carbocycles. The van der Waals surface area contributed by atoms with Crippen LogP contribution in [0.4, 0.5) is 17.1 Å². The van der Waals surface area contributed by atoms with Gasteiger partial charge in [-0.2, -0.15) is 0 Å². The Hall–Kier alpha value is -5.09. The Kier molecular flexibility index (Phi) is 10.9. The summed E-state index contributed by atoms with van der Waals surface area (Å²) in [5.74, 6) is -1.64. The van der Waals surface area contributed by atoms with Gasteiger partial charge in [0.25, 0.3) is 11.8 Å². The maximum Gasteiger partial charge on any atom is 0.328 e. The van der Waals surface area contributed by atoms with Gasteiger partial charge in [-0.1, -0.05) is 48.5 Å². The molecule has 11 heteroatoms. The van der Waals surface area contributed by atoms with Gasteiger partial charge in [-0.3, -0.25) is 14.4 Å². The zero-order valence-corrected chi connectivity index (χ0v) is 23.9. The predicted octanol–water partition coefficient (Wildman–Crippen LogP) is 3.98. The lowest BCUT2D eigenvalue weighted by Gasteiger charge is -2.17. The number of nitrogens with zero attached hydrogens (tertiary/aromatic N) is 1. The topological polar surface area (TPSA) is 145 Å². The Labute approximate surface area is 249 Å². The number of benzene rings is 3. The Balaban J connectivity index is 0.00000484. The molecule has 3 amide bonds. The lowest BCUT2D eigenvalue weighted by atomic mass is 10.1. The van der Waals surface area contributed by atoms with Gasteiger partial charge in [0.05, 0.1) is 19.2 Å². The number of nitrogens with one attached hydrogen (secondary N) is 3. The first-order valence-electron chi connectivity index (χ1n) is 12.9. The molecule has 1 unspecified atom stereocenters. The summed E-state index contributed by atoms with van der Waals surface area (Å²) in [4.78, 5) is 50.6. The largest absolute Gasteiger partial charge is 0.467 e. The van der Waals surface area contributed by atoms with E-state index in [1.54, 1.807) is 72.4 Å². The third kappa shape index (κ3) is 8.45. The second kappa shape index (κ2) is 14.5. The van der Waals surface area contributed by atoms with Gasteiger partial charge < -0.3 is 31.0 Å². The number of ether oxygens (including phenoxy) is 1. The smallest absolute Gasteiger partial charge is 0.328 e. The number of esters is 1. The molecule has 0 saturated heterocycles. The van der Waals surface area contributed by atoms with Crippen molar-refractivity contribution in [2.45, 2.75) is 18.9 Å². The van der Waals surface area contributed by atoms with Crippen molar-refractivity contribution in [3.63, 3.8) is 0 Å². The van der Waals surface area contributed by atoms with Gasteiger partial charge in [0.1, 0.15) is 11.7 Å². The van der Waals surface area contributed by atoms with Crippen molar-refractivity contribution in [3.05, 3.63) is 114 Å². The van der Waals surface area contributed by atoms with Crippen LogP contribution in [0.15, 0.2) is 91.1 Å². The van der Waals surface area contributed by atoms with Crippen molar-refractivity contribution < 1.29 is 23.9 Å². The maximum atomic E-state index is 13.0. The van der Waals surface area contributed by atoms with Crippen LogP contribution in [0.5, 0.6) is 0 Å². The van der Waals surface area contributed by atoms with Crippen LogP contribution in [0.3, 0.4) is 0 Å². The first-order valence-corrected chi connectivity index (χ1v) is 12.9. The summed E-state index contributed by atoms with van der Waals surface area (Å²) in [6.07, 6.45) is 1.93. The number of aromatic nitrogens is 1. The minimum absolute atomic E-state index is 0. The highest BCUT2D eigenvalue weighted by Crippen LogP contribution is 2.18. The molecule has 10 nitrogen and oxygen atoms in total. The van der Waals surface area contributed by atoms with E-state index < -0.39 is 17.9 Å². The fraction of sp³-hybridized carbons (Fsp3) is 0.161. The molecule has 1 heterocycles. The van der Waals surface area contributed by atoms with E-state index in [1.165, 1.54) is 7.11 Å². The summed E-state index contributed by atoms with van der Waals surface area (Å²) in [6.45, 7) is 0. The third-order valence-electron chi connectivity index (χ3n) is 6.30. The molecular formula is C31H32ClN5O5. The molecule has 1 aromatic heterocycles. The molecule has 42 heavy (non-hydrogen) atoms. The fourth-order valence-electron chi connectivity index (χ4n) is 4.31. The molecule has 5 N–H and O–H groups in total. The summed E-state index contributed by atoms with van der Waals surface area (Å²) in [5.41, 5.74) is 9.42. The van der Waals surface area contributed by atoms with Gasteiger partial charge in [0, 0.05) is 36.6 Å². The van der Waals surface area contributed by atoms with E-state index in [4.69, 9.17) is 10.5 Å². The van der Waals surface area contributed by atoms with Crippen molar-refractivity contribution in [2.24, 2.45) is 7.05 Å². The zero-order chi connectivity index (χ0) is 29.4. The zero-order valence-electron chi connectivity index (χ0n) is 23.1. The molecule has 0 radical (unpaired) electrons. The van der Waals surface area contributed by atoms with Gasteiger partial charge in [-0.05, 0) is 47.5 Å². The third-order valence-corrected chi connectivity index (χ3v) is 6.30. The summed E-state index contributed by atoms with van der Waals surface area (Å²) in [7, 11) is 2.97. The summed E-state index contributed by atoms with van der Waals surface area (Å²) in [6, 6.07) is 23.5. The predicted molar refractivity (Wildman–Crippen MR) is 164 cm³/mol. The molecule has 4 aromatic rings. The van der Waals surface area contributed by atoms with Crippen molar-refractivity contribution in [1.29, 1.82) is 0 Å². The van der Waals surface area contributed by atoms with Crippen LogP contribution in [-0.2, 0) is 34.2 Å². The molecule has 0 aliphatic carbocycles. The normalized spacial score (nSPS) is 11.0. The second-order valence-corrected chi connectivity index (χ2v) is 9.47. The number of hydrogen-bond donors (Lipinski definition) is 4. The average molecular weight is 590 g/mol. The highest BCUT2D eigenvalue weighted by atomic mass is 35.5. The number of nitrogen functional groups attached to an aromatic ring is 1. The first-order chi connectivity index (χ1) is 19.7. The van der Waals surface area contributed by atoms with Gasteiger partial charge in [0.2, 0.25) is 5.91 Å². The van der Waals surface area contributed by atoms with Crippen LogP contribution in [0.25, 0.3) is 0 Å². The van der Waals surface area contributed by atoms with Gasteiger partial charge in [-0.25, -0.2) is 4.79 Å². The quantitative estimate of drug-likeness (QED) is 0.163. The van der Waals surface area contributed by atoms with E-state index in [9.17, 15) is 19.2 Å². The van der Waals surface area contributed by atoms with Crippen LogP contribution in [0.1, 0.15) is 32.0 Å². The molecule has 0 fully saturated rings. The van der Waals surface area contributed by atoms with Crippen LogP contribution in [-0.4, -0.2) is 41.4 Å². The summed E-state index contributed by atoms with van der Waals surface area (Å²) < 4.78 is 6.47. The summed E-state index contributed by atoms with van der Waals surface area (Å²) in [5, 5.41) is 8.34. The number of halogens is 1. The monoisotopic (exact) mass is 589 g/mol. The number of aryl methyl sites for hydroxylation is 1. The van der Waals surface area contributed by atoms with Crippen molar-refractivity contribution in [2.75, 3.05) is 23.5 Å². The molecule has 0 bridgehead atoms. The Morgan fingerprint density at radius 1 is 0.833 bits per heavy atom. The molecule has 218 valence electrons. The highest BCUT2D eigenvalue weighted by molar-refractivity contribution is 6.07. The van der Waals surface area contributed by atoms with E-state index in [0.717, 1.165) is 5.56 Å². The van der Waals surface area contributed by atoms with Crippen LogP contribution in [0.2, 0.25) is 0 Å². The van der Waals surface area contributed by atoms with E-state index in [1.807, 2.05) is 30.3 Å². The highest BCUT2D eigenvalue weighted by Gasteiger charge is 2.22.